The maximum absolute atomic E-state index is 13.1. The summed E-state index contributed by atoms with van der Waals surface area (Å²) in [7, 11) is -2.35. The molecule has 7 heteroatoms. The molecule has 0 saturated carbocycles. The van der Waals surface area contributed by atoms with E-state index in [1.807, 2.05) is 6.92 Å². The van der Waals surface area contributed by atoms with Gasteiger partial charge >= 0.3 is 5.97 Å². The number of ether oxygens (including phenoxy) is 1. The highest BCUT2D eigenvalue weighted by atomic mass is 32.2. The molecule has 0 unspecified atom stereocenters. The van der Waals surface area contributed by atoms with Gasteiger partial charge in [-0.1, -0.05) is 13.0 Å². The summed E-state index contributed by atoms with van der Waals surface area (Å²) >= 11 is 0. The van der Waals surface area contributed by atoms with Crippen LogP contribution in [0.15, 0.2) is 23.1 Å². The molecule has 0 aromatic heterocycles. The van der Waals surface area contributed by atoms with Crippen molar-refractivity contribution in [3.8, 4) is 0 Å². The van der Waals surface area contributed by atoms with Crippen LogP contribution >= 0.6 is 0 Å². The first-order chi connectivity index (χ1) is 11.4. The molecule has 0 bridgehead atoms. The number of methoxy groups -OCH3 is 1. The van der Waals surface area contributed by atoms with E-state index in [0.717, 1.165) is 32.4 Å². The van der Waals surface area contributed by atoms with E-state index in [1.165, 1.54) is 13.2 Å². The Morgan fingerprint density at radius 3 is 2.58 bits per heavy atom. The number of aryl methyl sites for hydroxylation is 1. The number of benzene rings is 1. The Labute approximate surface area is 144 Å². The zero-order chi connectivity index (χ0) is 17.7. The fraction of sp³-hybridized carbons (Fsp3) is 0.588. The van der Waals surface area contributed by atoms with E-state index in [2.05, 4.69) is 5.32 Å². The summed E-state index contributed by atoms with van der Waals surface area (Å²) in [4.78, 5) is 12.0. The minimum absolute atomic E-state index is 0.000852. The van der Waals surface area contributed by atoms with Crippen molar-refractivity contribution in [3.63, 3.8) is 0 Å². The molecule has 1 aromatic rings. The minimum atomic E-state index is -3.65. The second-order valence-electron chi connectivity index (χ2n) is 6.07. The summed E-state index contributed by atoms with van der Waals surface area (Å²) in [5, 5.41) is 3.26. The second-order valence-corrected chi connectivity index (χ2v) is 7.96. The summed E-state index contributed by atoms with van der Waals surface area (Å²) < 4.78 is 32.6. The van der Waals surface area contributed by atoms with E-state index in [1.54, 1.807) is 23.4 Å². The van der Waals surface area contributed by atoms with Crippen molar-refractivity contribution in [2.75, 3.05) is 26.7 Å². The summed E-state index contributed by atoms with van der Waals surface area (Å²) in [6, 6.07) is 4.66. The molecule has 134 valence electrons. The van der Waals surface area contributed by atoms with E-state index in [-0.39, 0.29) is 10.9 Å². The topological polar surface area (TPSA) is 75.7 Å². The lowest BCUT2D eigenvalue weighted by molar-refractivity contribution is 0.0599. The van der Waals surface area contributed by atoms with E-state index in [4.69, 9.17) is 4.74 Å². The molecule has 0 radical (unpaired) electrons. The number of esters is 1. The first-order valence-corrected chi connectivity index (χ1v) is 9.77. The molecule has 2 rings (SSSR count). The quantitative estimate of drug-likeness (QED) is 0.790. The molecule has 24 heavy (non-hydrogen) atoms. The van der Waals surface area contributed by atoms with Crippen molar-refractivity contribution in [3.05, 3.63) is 29.3 Å². The minimum Gasteiger partial charge on any atom is -0.465 e. The number of carbonyl (C=O) groups is 1. The van der Waals surface area contributed by atoms with E-state index in [9.17, 15) is 13.2 Å². The van der Waals surface area contributed by atoms with Gasteiger partial charge in [0.05, 0.1) is 17.6 Å². The molecule has 1 N–H and O–H groups in total. The average molecular weight is 354 g/mol. The maximum atomic E-state index is 13.1. The standard InChI is InChI=1S/C17H26N2O4S/c1-4-11-19(14-7-9-18-10-8-14)24(21,22)15-6-5-13(2)16(12-15)17(20)23-3/h5-6,12,14,18H,4,7-11H2,1-3H3. The summed E-state index contributed by atoms with van der Waals surface area (Å²) in [6.45, 7) is 5.86. The Morgan fingerprint density at radius 2 is 2.00 bits per heavy atom. The monoisotopic (exact) mass is 354 g/mol. The Hall–Kier alpha value is -1.44. The van der Waals surface area contributed by atoms with Crippen molar-refractivity contribution in [1.29, 1.82) is 0 Å². The normalized spacial score (nSPS) is 16.3. The van der Waals surface area contributed by atoms with Crippen molar-refractivity contribution in [2.45, 2.75) is 44.0 Å². The Morgan fingerprint density at radius 1 is 1.33 bits per heavy atom. The van der Waals surface area contributed by atoms with Gasteiger partial charge in [-0.3, -0.25) is 0 Å². The van der Waals surface area contributed by atoms with Gasteiger partial charge in [0.1, 0.15) is 0 Å². The Kier molecular flexibility index (Phi) is 6.37. The third kappa shape index (κ3) is 3.96. The van der Waals surface area contributed by atoms with Crippen molar-refractivity contribution in [1.82, 2.24) is 9.62 Å². The van der Waals surface area contributed by atoms with Gasteiger partial charge in [-0.25, -0.2) is 13.2 Å². The van der Waals surface area contributed by atoms with Crippen LogP contribution in [0, 0.1) is 6.92 Å². The largest absolute Gasteiger partial charge is 0.465 e. The van der Waals surface area contributed by atoms with Crippen LogP contribution in [0.4, 0.5) is 0 Å². The van der Waals surface area contributed by atoms with E-state index < -0.39 is 16.0 Å². The van der Waals surface area contributed by atoms with Crippen LogP contribution in [-0.4, -0.2) is 51.5 Å². The number of hydrogen-bond donors (Lipinski definition) is 1. The molecule has 6 nitrogen and oxygen atoms in total. The summed E-state index contributed by atoms with van der Waals surface area (Å²) in [5.74, 6) is -0.520. The van der Waals surface area contributed by atoms with E-state index in [0.29, 0.717) is 17.7 Å². The molecular weight excluding hydrogens is 328 g/mol. The van der Waals surface area contributed by atoms with Gasteiger partial charge in [-0.2, -0.15) is 4.31 Å². The van der Waals surface area contributed by atoms with Gasteiger partial charge in [0.2, 0.25) is 10.0 Å². The number of sulfonamides is 1. The zero-order valence-electron chi connectivity index (χ0n) is 14.5. The molecule has 1 aliphatic rings. The lowest BCUT2D eigenvalue weighted by Gasteiger charge is -2.33. The first-order valence-electron chi connectivity index (χ1n) is 8.33. The lowest BCUT2D eigenvalue weighted by atomic mass is 10.1. The molecule has 1 heterocycles. The van der Waals surface area contributed by atoms with Crippen LogP contribution < -0.4 is 5.32 Å². The number of nitrogens with zero attached hydrogens (tertiary/aromatic N) is 1. The van der Waals surface area contributed by atoms with Gasteiger partial charge in [-0.15, -0.1) is 0 Å². The van der Waals surface area contributed by atoms with Crippen LogP contribution in [0.2, 0.25) is 0 Å². The third-order valence-electron chi connectivity index (χ3n) is 4.38. The second kappa shape index (κ2) is 8.09. The van der Waals surface area contributed by atoms with Gasteiger partial charge in [0.25, 0.3) is 0 Å². The molecule has 0 spiro atoms. The van der Waals surface area contributed by atoms with Crippen LogP contribution in [0.25, 0.3) is 0 Å². The number of nitrogens with one attached hydrogen (secondary N) is 1. The first kappa shape index (κ1) is 18.9. The number of piperidine rings is 1. The van der Waals surface area contributed by atoms with Gasteiger partial charge in [0, 0.05) is 12.6 Å². The van der Waals surface area contributed by atoms with Crippen LogP contribution in [-0.2, 0) is 14.8 Å². The highest BCUT2D eigenvalue weighted by Gasteiger charge is 2.32. The predicted octanol–water partition coefficient (Wildman–Crippen LogP) is 1.93. The molecule has 1 fully saturated rings. The molecular formula is C17H26N2O4S. The summed E-state index contributed by atoms with van der Waals surface area (Å²) in [6.07, 6.45) is 2.35. The van der Waals surface area contributed by atoms with Crippen molar-refractivity contribution in [2.24, 2.45) is 0 Å². The SMILES string of the molecule is CCCN(C1CCNCC1)S(=O)(=O)c1ccc(C)c(C(=O)OC)c1. The summed E-state index contributed by atoms with van der Waals surface area (Å²) in [5.41, 5.74) is 0.991. The van der Waals surface area contributed by atoms with Crippen molar-refractivity contribution < 1.29 is 17.9 Å². The van der Waals surface area contributed by atoms with Crippen LogP contribution in [0.3, 0.4) is 0 Å². The fourth-order valence-corrected chi connectivity index (χ4v) is 4.84. The van der Waals surface area contributed by atoms with Gasteiger partial charge in [-0.05, 0) is 57.0 Å². The van der Waals surface area contributed by atoms with Gasteiger partial charge < -0.3 is 10.1 Å². The smallest absolute Gasteiger partial charge is 0.338 e. The van der Waals surface area contributed by atoms with Crippen molar-refractivity contribution >= 4 is 16.0 Å². The highest BCUT2D eigenvalue weighted by molar-refractivity contribution is 7.89. The molecule has 1 aliphatic heterocycles. The Bertz CT molecular complexity index is 682. The van der Waals surface area contributed by atoms with Crippen LogP contribution in [0.5, 0.6) is 0 Å². The number of rotatable bonds is 6. The van der Waals surface area contributed by atoms with Gasteiger partial charge in [0.15, 0.2) is 0 Å². The predicted molar refractivity (Wildman–Crippen MR) is 92.6 cm³/mol. The number of hydrogen-bond acceptors (Lipinski definition) is 5. The molecule has 0 atom stereocenters. The lowest BCUT2D eigenvalue weighted by Crippen LogP contribution is -2.46. The fourth-order valence-electron chi connectivity index (χ4n) is 3.04. The van der Waals surface area contributed by atoms with E-state index >= 15 is 0 Å². The van der Waals surface area contributed by atoms with Crippen LogP contribution in [0.1, 0.15) is 42.1 Å². The molecule has 1 saturated heterocycles. The molecule has 1 aromatic carbocycles. The maximum Gasteiger partial charge on any atom is 0.338 e. The molecule has 0 aliphatic carbocycles. The zero-order valence-corrected chi connectivity index (χ0v) is 15.4. The number of carbonyl (C=O) groups excluding carboxylic acids is 1. The highest BCUT2D eigenvalue weighted by Crippen LogP contribution is 2.25. The average Bonchev–Trinajstić information content (AvgIpc) is 2.59. The molecule has 0 amide bonds. The Balaban J connectivity index is 2.40. The third-order valence-corrected chi connectivity index (χ3v) is 6.33.